The maximum atomic E-state index is 12.4. The van der Waals surface area contributed by atoms with Crippen molar-refractivity contribution in [2.45, 2.75) is 18.6 Å². The van der Waals surface area contributed by atoms with Gasteiger partial charge in [0.25, 0.3) is 5.91 Å². The first-order chi connectivity index (χ1) is 8.89. The number of benzene rings is 1. The molecule has 0 spiro atoms. The number of rotatable bonds is 2. The Labute approximate surface area is 121 Å². The van der Waals surface area contributed by atoms with Crippen molar-refractivity contribution in [1.82, 2.24) is 10.2 Å². The van der Waals surface area contributed by atoms with Crippen LogP contribution in [0, 0.1) is 0 Å². The summed E-state index contributed by atoms with van der Waals surface area (Å²) in [6, 6.07) is 4.44. The van der Waals surface area contributed by atoms with Crippen molar-refractivity contribution < 1.29 is 18.0 Å². The van der Waals surface area contributed by atoms with Crippen LogP contribution < -0.4 is 5.32 Å². The summed E-state index contributed by atoms with van der Waals surface area (Å²) in [5.41, 5.74) is -0.461. The Balaban J connectivity index is 0.00000200. The fraction of sp³-hybridized carbons (Fsp3) is 0.462. The summed E-state index contributed by atoms with van der Waals surface area (Å²) < 4.78 is 37.3. The second-order valence-electron chi connectivity index (χ2n) is 4.64. The minimum Gasteiger partial charge on any atom is -0.337 e. The lowest BCUT2D eigenvalue weighted by Gasteiger charge is -2.23. The maximum Gasteiger partial charge on any atom is 0.416 e. The highest BCUT2D eigenvalue weighted by molar-refractivity contribution is 5.94. The van der Waals surface area contributed by atoms with Crippen molar-refractivity contribution in [3.05, 3.63) is 35.4 Å². The number of halogens is 4. The fourth-order valence-corrected chi connectivity index (χ4v) is 2.14. The molecule has 1 saturated heterocycles. The number of carbonyl (C=O) groups excluding carboxylic acids is 1. The molecule has 2 rings (SSSR count). The van der Waals surface area contributed by atoms with E-state index in [-0.39, 0.29) is 29.9 Å². The van der Waals surface area contributed by atoms with Crippen LogP contribution in [0.25, 0.3) is 0 Å². The van der Waals surface area contributed by atoms with Crippen molar-refractivity contribution in [2.75, 3.05) is 20.1 Å². The van der Waals surface area contributed by atoms with E-state index < -0.39 is 11.7 Å². The molecule has 1 aliphatic rings. The molecule has 112 valence electrons. The summed E-state index contributed by atoms with van der Waals surface area (Å²) in [5, 5.41) is 3.15. The smallest absolute Gasteiger partial charge is 0.337 e. The van der Waals surface area contributed by atoms with E-state index in [0.29, 0.717) is 0 Å². The Kier molecular flexibility index (Phi) is 5.42. The summed E-state index contributed by atoms with van der Waals surface area (Å²) in [5.74, 6) is -0.248. The van der Waals surface area contributed by atoms with E-state index in [4.69, 9.17) is 0 Å². The van der Waals surface area contributed by atoms with Gasteiger partial charge in [-0.15, -0.1) is 12.4 Å². The highest BCUT2D eigenvalue weighted by Gasteiger charge is 2.30. The SMILES string of the molecule is CN(C(=O)c1ccc(C(F)(F)F)cc1)C1CCNC1.Cl. The van der Waals surface area contributed by atoms with Gasteiger partial charge in [-0.1, -0.05) is 0 Å². The lowest BCUT2D eigenvalue weighted by molar-refractivity contribution is -0.137. The first kappa shape index (κ1) is 16.8. The molecule has 1 unspecified atom stereocenters. The van der Waals surface area contributed by atoms with Crippen LogP contribution in [0.5, 0.6) is 0 Å². The van der Waals surface area contributed by atoms with E-state index in [2.05, 4.69) is 5.32 Å². The van der Waals surface area contributed by atoms with Gasteiger partial charge in [-0.05, 0) is 37.2 Å². The topological polar surface area (TPSA) is 32.3 Å². The second kappa shape index (κ2) is 6.45. The van der Waals surface area contributed by atoms with Crippen LogP contribution >= 0.6 is 12.4 Å². The molecular formula is C13H16ClF3N2O. The van der Waals surface area contributed by atoms with Crippen molar-refractivity contribution in [3.63, 3.8) is 0 Å². The predicted molar refractivity (Wildman–Crippen MR) is 72.1 cm³/mol. The van der Waals surface area contributed by atoms with Gasteiger partial charge >= 0.3 is 6.18 Å². The number of amides is 1. The Morgan fingerprint density at radius 3 is 2.35 bits per heavy atom. The summed E-state index contributed by atoms with van der Waals surface area (Å²) in [6.07, 6.45) is -3.51. The van der Waals surface area contributed by atoms with E-state index in [0.717, 1.165) is 31.6 Å². The summed E-state index contributed by atoms with van der Waals surface area (Å²) >= 11 is 0. The average Bonchev–Trinajstić information content (AvgIpc) is 2.90. The number of hydrogen-bond acceptors (Lipinski definition) is 2. The number of carbonyl (C=O) groups is 1. The van der Waals surface area contributed by atoms with Crippen LogP contribution in [0.2, 0.25) is 0 Å². The molecule has 20 heavy (non-hydrogen) atoms. The van der Waals surface area contributed by atoms with Crippen molar-refractivity contribution in [3.8, 4) is 0 Å². The van der Waals surface area contributed by atoms with Crippen LogP contribution in [0.15, 0.2) is 24.3 Å². The standard InChI is InChI=1S/C13H15F3N2O.ClH/c1-18(11-6-7-17-8-11)12(19)9-2-4-10(5-3-9)13(14,15)16;/h2-5,11,17H,6-8H2,1H3;1H. The zero-order valence-corrected chi connectivity index (χ0v) is 11.7. The largest absolute Gasteiger partial charge is 0.416 e. The van der Waals surface area contributed by atoms with Crippen molar-refractivity contribution in [2.24, 2.45) is 0 Å². The Morgan fingerprint density at radius 1 is 1.30 bits per heavy atom. The third-order valence-corrected chi connectivity index (χ3v) is 3.36. The van der Waals surface area contributed by atoms with Gasteiger partial charge in [-0.2, -0.15) is 13.2 Å². The third kappa shape index (κ3) is 3.64. The molecule has 1 aliphatic heterocycles. The molecule has 0 radical (unpaired) electrons. The van der Waals surface area contributed by atoms with E-state index >= 15 is 0 Å². The molecule has 0 aliphatic carbocycles. The molecule has 3 nitrogen and oxygen atoms in total. The molecule has 7 heteroatoms. The van der Waals surface area contributed by atoms with E-state index in [1.165, 1.54) is 12.1 Å². The average molecular weight is 309 g/mol. The fourth-order valence-electron chi connectivity index (χ4n) is 2.14. The van der Waals surface area contributed by atoms with E-state index in [1.807, 2.05) is 0 Å². The molecule has 1 aromatic carbocycles. The zero-order chi connectivity index (χ0) is 14.0. The van der Waals surface area contributed by atoms with Crippen molar-refractivity contribution >= 4 is 18.3 Å². The summed E-state index contributed by atoms with van der Waals surface area (Å²) in [4.78, 5) is 13.7. The lowest BCUT2D eigenvalue weighted by Crippen LogP contribution is -2.38. The molecule has 0 bridgehead atoms. The van der Waals surface area contributed by atoms with Gasteiger partial charge in [-0.25, -0.2) is 0 Å². The first-order valence-electron chi connectivity index (χ1n) is 6.05. The van der Waals surface area contributed by atoms with Gasteiger partial charge in [0, 0.05) is 25.2 Å². The first-order valence-corrected chi connectivity index (χ1v) is 6.05. The molecular weight excluding hydrogens is 293 g/mol. The van der Waals surface area contributed by atoms with Gasteiger partial charge < -0.3 is 10.2 Å². The number of likely N-dealkylation sites (N-methyl/N-ethyl adjacent to an activating group) is 1. The van der Waals surface area contributed by atoms with Gasteiger partial charge in [0.2, 0.25) is 0 Å². The molecule has 1 heterocycles. The lowest BCUT2D eigenvalue weighted by atomic mass is 10.1. The predicted octanol–water partition coefficient (Wildman–Crippen LogP) is 2.56. The summed E-state index contributed by atoms with van der Waals surface area (Å²) in [6.45, 7) is 1.58. The molecule has 1 aromatic rings. The number of hydrogen-bond donors (Lipinski definition) is 1. The zero-order valence-electron chi connectivity index (χ0n) is 10.9. The quantitative estimate of drug-likeness (QED) is 0.911. The minimum absolute atomic E-state index is 0. The van der Waals surface area contributed by atoms with Crippen LogP contribution in [0.1, 0.15) is 22.3 Å². The number of nitrogens with one attached hydrogen (secondary N) is 1. The normalized spacial score (nSPS) is 18.5. The van der Waals surface area contributed by atoms with E-state index in [1.54, 1.807) is 11.9 Å². The molecule has 1 N–H and O–H groups in total. The van der Waals surface area contributed by atoms with Gasteiger partial charge in [0.15, 0.2) is 0 Å². The van der Waals surface area contributed by atoms with Gasteiger partial charge in [0.05, 0.1) is 5.56 Å². The second-order valence-corrected chi connectivity index (χ2v) is 4.64. The minimum atomic E-state index is -4.37. The maximum absolute atomic E-state index is 12.4. The molecule has 0 saturated carbocycles. The number of nitrogens with zero attached hydrogens (tertiary/aromatic N) is 1. The monoisotopic (exact) mass is 308 g/mol. The van der Waals surface area contributed by atoms with Gasteiger partial charge in [-0.3, -0.25) is 4.79 Å². The Bertz CT molecular complexity index is 456. The van der Waals surface area contributed by atoms with Crippen LogP contribution in [0.4, 0.5) is 13.2 Å². The third-order valence-electron chi connectivity index (χ3n) is 3.36. The summed E-state index contributed by atoms with van der Waals surface area (Å²) in [7, 11) is 1.68. The molecule has 0 aromatic heterocycles. The Morgan fingerprint density at radius 2 is 1.90 bits per heavy atom. The van der Waals surface area contributed by atoms with Crippen LogP contribution in [-0.4, -0.2) is 37.0 Å². The number of alkyl halides is 3. The Hall–Kier alpha value is -1.27. The van der Waals surface area contributed by atoms with Crippen LogP contribution in [0.3, 0.4) is 0 Å². The highest BCUT2D eigenvalue weighted by Crippen LogP contribution is 2.29. The van der Waals surface area contributed by atoms with Crippen molar-refractivity contribution in [1.29, 1.82) is 0 Å². The highest BCUT2D eigenvalue weighted by atomic mass is 35.5. The van der Waals surface area contributed by atoms with Crippen LogP contribution in [-0.2, 0) is 6.18 Å². The molecule has 1 fully saturated rings. The molecule has 1 atom stereocenters. The van der Waals surface area contributed by atoms with E-state index in [9.17, 15) is 18.0 Å². The van der Waals surface area contributed by atoms with Gasteiger partial charge in [0.1, 0.15) is 0 Å². The molecule has 1 amide bonds.